The number of hydrogen-bond donors (Lipinski definition) is 1. The number of anilines is 1. The van der Waals surface area contributed by atoms with Crippen molar-refractivity contribution in [1.82, 2.24) is 10.2 Å². The minimum Gasteiger partial charge on any atom is -0.372 e. The maximum atomic E-state index is 13.9. The van der Waals surface area contributed by atoms with E-state index in [1.54, 1.807) is 11.3 Å². The third-order valence-electron chi connectivity index (χ3n) is 7.62. The van der Waals surface area contributed by atoms with E-state index in [9.17, 15) is 9.59 Å². The fraction of sp³-hybridized carbons (Fsp3) is 0.400. The molecule has 1 fully saturated rings. The molecule has 0 bridgehead atoms. The average molecular weight is 502 g/mol. The number of hydrogen-bond acceptors (Lipinski definition) is 4. The van der Waals surface area contributed by atoms with Crippen LogP contribution in [0.1, 0.15) is 71.8 Å². The number of carbonyl (C=O) groups is 2. The second-order valence-electron chi connectivity index (χ2n) is 9.74. The summed E-state index contributed by atoms with van der Waals surface area (Å²) in [6, 6.07) is 22.2. The molecular weight excluding hydrogens is 466 g/mol. The van der Waals surface area contributed by atoms with E-state index in [2.05, 4.69) is 52.4 Å². The Balaban J connectivity index is 1.37. The van der Waals surface area contributed by atoms with Crippen molar-refractivity contribution < 1.29 is 9.59 Å². The first-order chi connectivity index (χ1) is 17.7. The Labute approximate surface area is 218 Å². The van der Waals surface area contributed by atoms with Crippen LogP contribution in [-0.2, 0) is 4.79 Å². The molecule has 188 valence electrons. The van der Waals surface area contributed by atoms with Crippen LogP contribution in [0.25, 0.3) is 0 Å². The minimum absolute atomic E-state index is 0.0131. The van der Waals surface area contributed by atoms with Gasteiger partial charge in [-0.25, -0.2) is 0 Å². The molecule has 1 N–H and O–H groups in total. The predicted molar refractivity (Wildman–Crippen MR) is 147 cm³/mol. The van der Waals surface area contributed by atoms with Gasteiger partial charge in [0.2, 0.25) is 5.91 Å². The highest BCUT2D eigenvalue weighted by molar-refractivity contribution is 7.10. The summed E-state index contributed by atoms with van der Waals surface area (Å²) in [6.07, 6.45) is 5.16. The van der Waals surface area contributed by atoms with Crippen molar-refractivity contribution in [3.63, 3.8) is 0 Å². The molecule has 2 atom stereocenters. The first-order valence-corrected chi connectivity index (χ1v) is 14.1. The molecular formula is C30H35N3O2S. The molecule has 2 amide bonds. The molecule has 0 unspecified atom stereocenters. The van der Waals surface area contributed by atoms with Crippen molar-refractivity contribution in [3.05, 3.63) is 88.1 Å². The van der Waals surface area contributed by atoms with Gasteiger partial charge >= 0.3 is 0 Å². The third-order valence-corrected chi connectivity index (χ3v) is 8.56. The number of nitrogens with zero attached hydrogens (tertiary/aromatic N) is 2. The molecule has 1 aliphatic carbocycles. The quantitative estimate of drug-likeness (QED) is 0.366. The van der Waals surface area contributed by atoms with Crippen LogP contribution in [0.15, 0.2) is 72.1 Å². The molecule has 3 aromatic rings. The molecule has 0 radical (unpaired) electrons. The van der Waals surface area contributed by atoms with E-state index in [1.165, 1.54) is 5.69 Å². The second kappa shape index (κ2) is 11.3. The van der Waals surface area contributed by atoms with E-state index >= 15 is 0 Å². The van der Waals surface area contributed by atoms with Gasteiger partial charge in [-0.2, -0.15) is 0 Å². The maximum Gasteiger partial charge on any atom is 0.254 e. The van der Waals surface area contributed by atoms with Crippen LogP contribution < -0.4 is 10.2 Å². The molecule has 5 rings (SSSR count). The fourth-order valence-electron chi connectivity index (χ4n) is 5.88. The van der Waals surface area contributed by atoms with Crippen LogP contribution in [0.2, 0.25) is 0 Å². The lowest BCUT2D eigenvalue weighted by atomic mass is 9.80. The van der Waals surface area contributed by atoms with Gasteiger partial charge in [-0.3, -0.25) is 9.59 Å². The monoisotopic (exact) mass is 501 g/mol. The molecule has 1 aromatic heterocycles. The largest absolute Gasteiger partial charge is 0.372 e. The minimum atomic E-state index is -0.408. The molecule has 36 heavy (non-hydrogen) atoms. The highest BCUT2D eigenvalue weighted by Gasteiger charge is 2.47. The van der Waals surface area contributed by atoms with Crippen molar-refractivity contribution in [2.75, 3.05) is 24.5 Å². The van der Waals surface area contributed by atoms with Crippen LogP contribution in [-0.4, -0.2) is 42.4 Å². The zero-order valence-electron chi connectivity index (χ0n) is 20.9. The number of benzene rings is 2. The first-order valence-electron chi connectivity index (χ1n) is 13.2. The second-order valence-corrected chi connectivity index (χ2v) is 10.7. The van der Waals surface area contributed by atoms with Crippen LogP contribution >= 0.6 is 11.3 Å². The van der Waals surface area contributed by atoms with E-state index in [1.807, 2.05) is 41.8 Å². The number of amides is 2. The Kier molecular flexibility index (Phi) is 7.71. The fourth-order valence-corrected chi connectivity index (χ4v) is 6.74. The lowest BCUT2D eigenvalue weighted by Crippen LogP contribution is -2.50. The van der Waals surface area contributed by atoms with E-state index in [-0.39, 0.29) is 23.9 Å². The summed E-state index contributed by atoms with van der Waals surface area (Å²) in [5.74, 6) is -0.324. The Morgan fingerprint density at radius 2 is 1.78 bits per heavy atom. The van der Waals surface area contributed by atoms with E-state index in [4.69, 9.17) is 0 Å². The zero-order chi connectivity index (χ0) is 24.9. The summed E-state index contributed by atoms with van der Waals surface area (Å²) >= 11 is 1.64. The Hall–Kier alpha value is -3.12. The lowest BCUT2D eigenvalue weighted by molar-refractivity contribution is -0.124. The highest BCUT2D eigenvalue weighted by atomic mass is 32.1. The number of carbonyl (C=O) groups excluding carboxylic acids is 2. The number of rotatable bonds is 9. The Morgan fingerprint density at radius 3 is 2.50 bits per heavy atom. The average Bonchev–Trinajstić information content (AvgIpc) is 3.64. The molecule has 2 aromatic carbocycles. The van der Waals surface area contributed by atoms with Gasteiger partial charge in [-0.05, 0) is 61.4 Å². The number of thiophene rings is 1. The van der Waals surface area contributed by atoms with E-state index < -0.39 is 5.92 Å². The smallest absolute Gasteiger partial charge is 0.254 e. The van der Waals surface area contributed by atoms with Gasteiger partial charge in [0.15, 0.2) is 0 Å². The molecule has 2 heterocycles. The summed E-state index contributed by atoms with van der Waals surface area (Å²) in [7, 11) is 0. The van der Waals surface area contributed by atoms with Gasteiger partial charge in [-0.15, -0.1) is 11.3 Å². The van der Waals surface area contributed by atoms with Gasteiger partial charge < -0.3 is 15.1 Å². The lowest BCUT2D eigenvalue weighted by Gasteiger charge is -2.44. The van der Waals surface area contributed by atoms with Crippen molar-refractivity contribution >= 4 is 28.8 Å². The zero-order valence-corrected chi connectivity index (χ0v) is 21.8. The van der Waals surface area contributed by atoms with Gasteiger partial charge in [0.05, 0.1) is 12.0 Å². The Morgan fingerprint density at radius 1 is 1.03 bits per heavy atom. The van der Waals surface area contributed by atoms with Crippen LogP contribution in [0.5, 0.6) is 0 Å². The normalized spacial score (nSPS) is 19.8. The number of para-hydroxylation sites is 1. The SMILES string of the molecule is CCN(CCCNC(=O)[C@H]1c2ccccc2C(=O)N(C2CCCC2)[C@H]1c1cccs1)c1ccccc1. The molecule has 5 nitrogen and oxygen atoms in total. The number of fused-ring (bicyclic) bond motifs is 1. The van der Waals surface area contributed by atoms with Crippen molar-refractivity contribution in [2.24, 2.45) is 0 Å². The van der Waals surface area contributed by atoms with E-state index in [0.29, 0.717) is 12.1 Å². The summed E-state index contributed by atoms with van der Waals surface area (Å²) in [4.78, 5) is 33.1. The van der Waals surface area contributed by atoms with Crippen molar-refractivity contribution in [1.29, 1.82) is 0 Å². The maximum absolute atomic E-state index is 13.9. The summed E-state index contributed by atoms with van der Waals surface area (Å²) < 4.78 is 0. The van der Waals surface area contributed by atoms with Crippen LogP contribution in [0.4, 0.5) is 5.69 Å². The molecule has 0 saturated heterocycles. The number of nitrogens with one attached hydrogen (secondary N) is 1. The van der Waals surface area contributed by atoms with Crippen molar-refractivity contribution in [3.8, 4) is 0 Å². The van der Waals surface area contributed by atoms with Gasteiger partial charge in [0.1, 0.15) is 0 Å². The van der Waals surface area contributed by atoms with Gasteiger partial charge in [-0.1, -0.05) is 55.3 Å². The topological polar surface area (TPSA) is 52.7 Å². The third kappa shape index (κ3) is 4.92. The predicted octanol–water partition coefficient (Wildman–Crippen LogP) is 6.00. The first kappa shape index (κ1) is 24.6. The summed E-state index contributed by atoms with van der Waals surface area (Å²) in [5, 5.41) is 5.29. The summed E-state index contributed by atoms with van der Waals surface area (Å²) in [5.41, 5.74) is 2.74. The Bertz CT molecular complexity index is 1160. The van der Waals surface area contributed by atoms with E-state index in [0.717, 1.165) is 55.6 Å². The van der Waals surface area contributed by atoms with Gasteiger partial charge in [0, 0.05) is 41.8 Å². The van der Waals surface area contributed by atoms with Crippen molar-refractivity contribution in [2.45, 2.75) is 57.0 Å². The molecule has 2 aliphatic rings. The molecule has 0 spiro atoms. The van der Waals surface area contributed by atoms with Crippen LogP contribution in [0.3, 0.4) is 0 Å². The molecule has 1 saturated carbocycles. The van der Waals surface area contributed by atoms with Crippen LogP contribution in [0, 0.1) is 0 Å². The molecule has 1 aliphatic heterocycles. The summed E-state index contributed by atoms with van der Waals surface area (Å²) in [6.45, 7) is 4.57. The van der Waals surface area contributed by atoms with Gasteiger partial charge in [0.25, 0.3) is 5.91 Å². The molecule has 6 heteroatoms. The standard InChI is InChI=1S/C30H35N3O2S/c1-2-32(22-12-4-3-5-13-22)20-11-19-31-29(34)27-24-16-8-9-17-25(24)30(35)33(23-14-6-7-15-23)28(27)26-18-10-21-36-26/h3-5,8-10,12-13,16-18,21,23,27-28H,2,6-7,11,14-15,19-20H2,1H3,(H,31,34)/t27-,28-/m0/s1. The highest BCUT2D eigenvalue weighted by Crippen LogP contribution is 2.47.